The number of anilines is 2. The molecule has 0 bridgehead atoms. The molecule has 4 rings (SSSR count). The topological polar surface area (TPSA) is 74.2 Å². The maximum atomic E-state index is 14.3. The number of rotatable bonds is 5. The fraction of sp³-hybridized carbons (Fsp3) is 0.143. The smallest absolute Gasteiger partial charge is 0.228 e. The Labute approximate surface area is 155 Å². The number of carbonyl (C=O) groups excluding carboxylic acids is 1. The largest absolute Gasteiger partial charge is 0.394 e. The number of carbonyl (C=O) groups is 1. The molecule has 1 unspecified atom stereocenters. The summed E-state index contributed by atoms with van der Waals surface area (Å²) in [6, 6.07) is 14.4. The first kappa shape index (κ1) is 17.2. The zero-order valence-electron chi connectivity index (χ0n) is 14.4. The van der Waals surface area contributed by atoms with E-state index in [4.69, 9.17) is 0 Å². The first-order chi connectivity index (χ1) is 13.1. The van der Waals surface area contributed by atoms with Crippen LogP contribution in [0, 0.1) is 5.82 Å². The molecule has 2 aromatic carbocycles. The molecule has 0 saturated heterocycles. The highest BCUT2D eigenvalue weighted by Gasteiger charge is 2.22. The zero-order valence-corrected chi connectivity index (χ0v) is 14.4. The van der Waals surface area contributed by atoms with Crippen LogP contribution >= 0.6 is 0 Å². The minimum Gasteiger partial charge on any atom is -0.394 e. The number of aromatic nitrogens is 1. The third kappa shape index (κ3) is 3.52. The van der Waals surface area contributed by atoms with Gasteiger partial charge in [0.25, 0.3) is 0 Å². The molecule has 1 aliphatic rings. The fourth-order valence-corrected chi connectivity index (χ4v) is 3.26. The number of halogens is 1. The van der Waals surface area contributed by atoms with Crippen molar-refractivity contribution in [1.82, 2.24) is 4.98 Å². The van der Waals surface area contributed by atoms with Gasteiger partial charge in [0.1, 0.15) is 5.82 Å². The number of aliphatic hydroxyl groups is 1. The average Bonchev–Trinajstić information content (AvgIpc) is 3.08. The molecule has 6 heteroatoms. The van der Waals surface area contributed by atoms with Crippen molar-refractivity contribution < 1.29 is 14.3 Å². The van der Waals surface area contributed by atoms with E-state index >= 15 is 0 Å². The zero-order chi connectivity index (χ0) is 18.8. The average molecular weight is 363 g/mol. The molecular weight excluding hydrogens is 345 g/mol. The molecule has 3 aromatic rings. The second-order valence-corrected chi connectivity index (χ2v) is 6.47. The number of benzene rings is 2. The fourth-order valence-electron chi connectivity index (χ4n) is 3.26. The maximum absolute atomic E-state index is 14.3. The molecule has 0 fully saturated rings. The van der Waals surface area contributed by atoms with Gasteiger partial charge in [-0.15, -0.1) is 0 Å². The first-order valence-electron chi connectivity index (χ1n) is 8.64. The minimum atomic E-state index is -0.454. The van der Waals surface area contributed by atoms with Crippen molar-refractivity contribution in [3.05, 3.63) is 77.9 Å². The van der Waals surface area contributed by atoms with Crippen LogP contribution in [-0.4, -0.2) is 22.6 Å². The first-order valence-corrected chi connectivity index (χ1v) is 8.64. The van der Waals surface area contributed by atoms with Crippen molar-refractivity contribution in [2.24, 2.45) is 0 Å². The predicted molar refractivity (Wildman–Crippen MR) is 102 cm³/mol. The van der Waals surface area contributed by atoms with Crippen molar-refractivity contribution in [2.75, 3.05) is 17.2 Å². The lowest BCUT2D eigenvalue weighted by Gasteiger charge is -2.18. The number of amides is 1. The Morgan fingerprint density at radius 2 is 1.96 bits per heavy atom. The van der Waals surface area contributed by atoms with Crippen molar-refractivity contribution >= 4 is 17.3 Å². The van der Waals surface area contributed by atoms with Crippen molar-refractivity contribution in [1.29, 1.82) is 0 Å². The van der Waals surface area contributed by atoms with E-state index in [-0.39, 0.29) is 30.7 Å². The summed E-state index contributed by atoms with van der Waals surface area (Å²) in [6.07, 6.45) is 3.48. The van der Waals surface area contributed by atoms with Crippen molar-refractivity contribution in [3.63, 3.8) is 0 Å². The third-order valence-electron chi connectivity index (χ3n) is 4.58. The number of nitrogens with zero attached hydrogens (tertiary/aromatic N) is 1. The number of hydrogen-bond acceptors (Lipinski definition) is 4. The lowest BCUT2D eigenvalue weighted by Crippen LogP contribution is -2.14. The molecule has 1 atom stereocenters. The van der Waals surface area contributed by atoms with Crippen LogP contribution in [0.2, 0.25) is 0 Å². The quantitative estimate of drug-likeness (QED) is 0.648. The van der Waals surface area contributed by atoms with E-state index in [0.717, 1.165) is 11.1 Å². The van der Waals surface area contributed by atoms with Crippen LogP contribution in [0.5, 0.6) is 0 Å². The lowest BCUT2D eigenvalue weighted by atomic mass is 10.0. The summed E-state index contributed by atoms with van der Waals surface area (Å²) >= 11 is 0. The summed E-state index contributed by atoms with van der Waals surface area (Å²) in [7, 11) is 0. The van der Waals surface area contributed by atoms with Gasteiger partial charge in [-0.05, 0) is 34.9 Å². The molecule has 1 aliphatic heterocycles. The summed E-state index contributed by atoms with van der Waals surface area (Å²) in [4.78, 5) is 15.8. The molecule has 2 heterocycles. The van der Waals surface area contributed by atoms with Crippen LogP contribution in [0.3, 0.4) is 0 Å². The van der Waals surface area contributed by atoms with E-state index in [9.17, 15) is 14.3 Å². The second kappa shape index (κ2) is 7.17. The van der Waals surface area contributed by atoms with E-state index < -0.39 is 5.82 Å². The molecule has 5 nitrogen and oxygen atoms in total. The highest BCUT2D eigenvalue weighted by molar-refractivity contribution is 6.00. The molecule has 1 amide bonds. The Balaban J connectivity index is 1.63. The Morgan fingerprint density at radius 1 is 1.15 bits per heavy atom. The van der Waals surface area contributed by atoms with Gasteiger partial charge >= 0.3 is 0 Å². The predicted octanol–water partition coefficient (Wildman–Crippen LogP) is 3.53. The summed E-state index contributed by atoms with van der Waals surface area (Å²) in [6.45, 7) is -0.0739. The molecule has 0 aliphatic carbocycles. The van der Waals surface area contributed by atoms with Crippen LogP contribution in [0.4, 0.5) is 15.8 Å². The van der Waals surface area contributed by atoms with E-state index in [1.807, 2.05) is 36.4 Å². The maximum Gasteiger partial charge on any atom is 0.228 e. The van der Waals surface area contributed by atoms with Gasteiger partial charge in [-0.2, -0.15) is 0 Å². The van der Waals surface area contributed by atoms with Gasteiger partial charge < -0.3 is 15.7 Å². The Kier molecular flexibility index (Phi) is 4.56. The number of hydrogen-bond donors (Lipinski definition) is 3. The van der Waals surface area contributed by atoms with Crippen LogP contribution < -0.4 is 10.6 Å². The highest BCUT2D eigenvalue weighted by Crippen LogP contribution is 2.32. The van der Waals surface area contributed by atoms with Gasteiger partial charge in [-0.25, -0.2) is 4.39 Å². The summed E-state index contributed by atoms with van der Waals surface area (Å²) < 4.78 is 14.3. The van der Waals surface area contributed by atoms with Crippen molar-refractivity contribution in [3.8, 4) is 11.1 Å². The summed E-state index contributed by atoms with van der Waals surface area (Å²) in [5.41, 5.74) is 3.95. The van der Waals surface area contributed by atoms with Gasteiger partial charge in [0.2, 0.25) is 5.91 Å². The van der Waals surface area contributed by atoms with E-state index in [1.54, 1.807) is 18.5 Å². The monoisotopic (exact) mass is 363 g/mol. The molecule has 0 radical (unpaired) electrons. The molecule has 0 spiro atoms. The number of nitrogens with one attached hydrogen (secondary N) is 2. The third-order valence-corrected chi connectivity index (χ3v) is 4.58. The van der Waals surface area contributed by atoms with Gasteiger partial charge in [0, 0.05) is 18.0 Å². The Morgan fingerprint density at radius 3 is 2.74 bits per heavy atom. The normalized spacial score (nSPS) is 13.8. The van der Waals surface area contributed by atoms with Gasteiger partial charge in [-0.3, -0.25) is 9.78 Å². The molecule has 136 valence electrons. The van der Waals surface area contributed by atoms with E-state index in [1.165, 1.54) is 6.07 Å². The number of fused-ring (bicyclic) bond motifs is 1. The lowest BCUT2D eigenvalue weighted by molar-refractivity contribution is -0.115. The standard InChI is InChI=1S/C21H18FN3O2/c22-18-8-14(6-15-9-20(27)25-21(15)18)16-7-17(11-23-10-16)24-19(12-26)13-4-2-1-3-5-13/h1-8,10-11,19,24,26H,9,12H2,(H,25,27). The van der Waals surface area contributed by atoms with E-state index in [0.29, 0.717) is 16.8 Å². The van der Waals surface area contributed by atoms with Crippen LogP contribution in [0.1, 0.15) is 17.2 Å². The number of aliphatic hydroxyl groups excluding tert-OH is 1. The van der Waals surface area contributed by atoms with Crippen LogP contribution in [0.15, 0.2) is 60.9 Å². The molecule has 0 saturated carbocycles. The molecule has 27 heavy (non-hydrogen) atoms. The van der Waals surface area contributed by atoms with E-state index in [2.05, 4.69) is 15.6 Å². The SMILES string of the molecule is O=C1Cc2cc(-c3cncc(NC(CO)c4ccccc4)c3)cc(F)c2N1. The summed E-state index contributed by atoms with van der Waals surface area (Å²) in [5.74, 6) is -0.660. The van der Waals surface area contributed by atoms with Gasteiger partial charge in [-0.1, -0.05) is 30.3 Å². The molecule has 1 aromatic heterocycles. The summed E-state index contributed by atoms with van der Waals surface area (Å²) in [5, 5.41) is 15.5. The number of pyridine rings is 1. The van der Waals surface area contributed by atoms with Crippen molar-refractivity contribution in [2.45, 2.75) is 12.5 Å². The Hall–Kier alpha value is -3.25. The molecule has 3 N–H and O–H groups in total. The van der Waals surface area contributed by atoms with Gasteiger partial charge in [0.15, 0.2) is 0 Å². The van der Waals surface area contributed by atoms with Crippen LogP contribution in [-0.2, 0) is 11.2 Å². The minimum absolute atomic E-state index is 0.0739. The second-order valence-electron chi connectivity index (χ2n) is 6.47. The highest BCUT2D eigenvalue weighted by atomic mass is 19.1. The van der Waals surface area contributed by atoms with Crippen LogP contribution in [0.25, 0.3) is 11.1 Å². The Bertz CT molecular complexity index is 992. The van der Waals surface area contributed by atoms with Gasteiger partial charge in [0.05, 0.1) is 30.4 Å². The molecular formula is C21H18FN3O2.